The largest absolute Gasteiger partial charge is 0.500 e. The van der Waals surface area contributed by atoms with Gasteiger partial charge in [0.2, 0.25) is 0 Å². The number of benzene rings is 4. The van der Waals surface area contributed by atoms with E-state index in [4.69, 9.17) is 4.98 Å². The summed E-state index contributed by atoms with van der Waals surface area (Å²) in [6, 6.07) is 40.3. The van der Waals surface area contributed by atoms with E-state index in [9.17, 15) is 0 Å². The van der Waals surface area contributed by atoms with Crippen LogP contribution in [0.15, 0.2) is 132 Å². The van der Waals surface area contributed by atoms with Gasteiger partial charge in [-0.2, -0.15) is 30.3 Å². The molecule has 0 spiro atoms. The smallest absolute Gasteiger partial charge is 0.135 e. The second-order valence-electron chi connectivity index (χ2n) is 17.5. The summed E-state index contributed by atoms with van der Waals surface area (Å²) in [6.07, 6.45) is 9.98. The van der Waals surface area contributed by atoms with Gasteiger partial charge < -0.3 is 14.7 Å². The molecule has 4 aromatic carbocycles. The van der Waals surface area contributed by atoms with E-state index in [-0.39, 0.29) is 37.3 Å². The molecule has 2 aliphatic heterocycles. The molecule has 0 aliphatic carbocycles. The van der Waals surface area contributed by atoms with Crippen molar-refractivity contribution in [3.8, 4) is 22.3 Å². The van der Waals surface area contributed by atoms with Gasteiger partial charge in [-0.3, -0.25) is 4.98 Å². The van der Waals surface area contributed by atoms with Crippen molar-refractivity contribution in [2.45, 2.75) is 88.3 Å². The summed E-state index contributed by atoms with van der Waals surface area (Å²) in [4.78, 5) is 18.1. The van der Waals surface area contributed by atoms with Crippen molar-refractivity contribution >= 4 is 40.3 Å². The van der Waals surface area contributed by atoms with Crippen LogP contribution in [-0.2, 0) is 37.3 Å². The van der Waals surface area contributed by atoms with Crippen LogP contribution in [-0.4, -0.2) is 9.97 Å². The first-order chi connectivity index (χ1) is 26.1. The summed E-state index contributed by atoms with van der Waals surface area (Å²) in [5.74, 6) is 0.851. The van der Waals surface area contributed by atoms with E-state index in [2.05, 4.69) is 204 Å². The third-order valence-corrected chi connectivity index (χ3v) is 11.3. The molecule has 7 heteroatoms. The number of hydrogen-bond acceptors (Lipinski definition) is 6. The fourth-order valence-corrected chi connectivity index (χ4v) is 7.89. The van der Waals surface area contributed by atoms with Crippen LogP contribution in [0.1, 0.15) is 79.0 Å². The Kier molecular flexibility index (Phi) is 10.6. The molecule has 2 aromatic heterocycles. The third kappa shape index (κ3) is 7.84. The second kappa shape index (κ2) is 15.0. The Hall–Kier alpha value is -4.64. The predicted molar refractivity (Wildman–Crippen MR) is 230 cm³/mol. The zero-order valence-corrected chi connectivity index (χ0v) is 36.7. The van der Waals surface area contributed by atoms with Gasteiger partial charge in [-0.15, -0.1) is 51.6 Å². The Morgan fingerprint density at radius 1 is 0.589 bits per heavy atom. The second-order valence-corrected chi connectivity index (χ2v) is 18.6. The van der Waals surface area contributed by atoms with Crippen LogP contribution in [0.4, 0.5) is 28.6 Å². The minimum Gasteiger partial charge on any atom is -0.500 e. The average molecular weight is 934 g/mol. The van der Waals surface area contributed by atoms with Gasteiger partial charge in [0.15, 0.2) is 0 Å². The number of hydrogen-bond donors (Lipinski definition) is 0. The van der Waals surface area contributed by atoms with Crippen molar-refractivity contribution in [1.82, 2.24) is 9.97 Å². The van der Waals surface area contributed by atoms with Crippen LogP contribution in [0.5, 0.6) is 0 Å². The van der Waals surface area contributed by atoms with Crippen LogP contribution in [0.25, 0.3) is 22.3 Å². The van der Waals surface area contributed by atoms with Crippen molar-refractivity contribution in [3.05, 3.63) is 157 Å². The van der Waals surface area contributed by atoms with Crippen molar-refractivity contribution in [3.63, 3.8) is 0 Å². The minimum absolute atomic E-state index is 0. The van der Waals surface area contributed by atoms with Crippen LogP contribution < -0.4 is 14.7 Å². The molecule has 8 rings (SSSR count). The Bertz CT molecular complexity index is 2400. The maximum atomic E-state index is 4.96. The number of rotatable bonds is 5. The predicted octanol–water partition coefficient (Wildman–Crippen LogP) is 13.2. The van der Waals surface area contributed by atoms with Gasteiger partial charge in [0.25, 0.3) is 0 Å². The van der Waals surface area contributed by atoms with E-state index in [0.29, 0.717) is 0 Å². The molecule has 0 bridgehead atoms. The van der Waals surface area contributed by atoms with Crippen LogP contribution in [0.2, 0.25) is 0 Å². The van der Waals surface area contributed by atoms with Crippen molar-refractivity contribution in [2.24, 2.45) is 0 Å². The average Bonchev–Trinajstić information content (AvgIpc) is 3.61. The SMILES string of the molecule is CC(C)(C)c1cc(N2C=CN(c3[c-]c(Sc4[c-]c5c(cc4)-c4ccccc4-c4cnccc4N5c4cc(C(C)(C)C)ccn4)ccc3)[CH-]2)cc(C(C)(C)C)c1.[Pt]. The molecule has 0 amide bonds. The molecule has 0 N–H and O–H groups in total. The Morgan fingerprint density at radius 3 is 1.95 bits per heavy atom. The van der Waals surface area contributed by atoms with E-state index in [1.54, 1.807) is 11.8 Å². The Labute approximate surface area is 352 Å². The van der Waals surface area contributed by atoms with Gasteiger partial charge in [0.1, 0.15) is 5.82 Å². The molecule has 2 aliphatic rings. The molecule has 5 nitrogen and oxygen atoms in total. The van der Waals surface area contributed by atoms with Gasteiger partial charge in [0, 0.05) is 50.9 Å². The fourth-order valence-electron chi connectivity index (χ4n) is 7.07. The zero-order chi connectivity index (χ0) is 38.7. The van der Waals surface area contributed by atoms with Gasteiger partial charge in [-0.05, 0) is 81.2 Å². The quantitative estimate of drug-likeness (QED) is 0.160. The van der Waals surface area contributed by atoms with Gasteiger partial charge in [-0.25, -0.2) is 4.98 Å². The van der Waals surface area contributed by atoms with E-state index < -0.39 is 0 Å². The van der Waals surface area contributed by atoms with Crippen LogP contribution in [0.3, 0.4) is 0 Å². The number of fused-ring (bicyclic) bond motifs is 5. The van der Waals surface area contributed by atoms with Gasteiger partial charge >= 0.3 is 0 Å². The summed E-state index contributed by atoms with van der Waals surface area (Å²) in [5, 5.41) is 0. The van der Waals surface area contributed by atoms with Gasteiger partial charge in [-0.1, -0.05) is 104 Å². The molecule has 0 radical (unpaired) electrons. The molecule has 0 saturated carbocycles. The normalized spacial score (nSPS) is 13.8. The molecule has 56 heavy (non-hydrogen) atoms. The van der Waals surface area contributed by atoms with E-state index in [1.165, 1.54) is 16.7 Å². The van der Waals surface area contributed by atoms with Crippen molar-refractivity contribution in [2.75, 3.05) is 14.7 Å². The standard InChI is InChI=1S/C49H48N5S.Pt/c1-47(2,3)33-19-22-51-46(28-33)54-44-20-21-50-31-43(44)41-16-11-10-15-40(41)42-18-17-39(30-45(42)54)55-38-14-12-13-36(29-38)52-23-24-53(32-52)37-26-34(48(4,5)6)25-35(27-37)49(7,8)9;/h10-28,31-32H,1-9H3;/q-3;. The molecular formula is C49H48N5PtS-3. The maximum absolute atomic E-state index is 4.96. The summed E-state index contributed by atoms with van der Waals surface area (Å²) in [6.45, 7) is 22.5. The molecule has 288 valence electrons. The van der Waals surface area contributed by atoms with Crippen molar-refractivity contribution < 1.29 is 21.1 Å². The van der Waals surface area contributed by atoms with E-state index >= 15 is 0 Å². The number of pyridine rings is 2. The summed E-state index contributed by atoms with van der Waals surface area (Å²) >= 11 is 1.67. The first-order valence-electron chi connectivity index (χ1n) is 19.0. The van der Waals surface area contributed by atoms with E-state index in [0.717, 1.165) is 60.6 Å². The summed E-state index contributed by atoms with van der Waals surface area (Å²) in [5.41, 5.74) is 12.5. The fraction of sp³-hybridized carbons (Fsp3) is 0.245. The number of aromatic nitrogens is 2. The topological polar surface area (TPSA) is 35.5 Å². The molecule has 0 unspecified atom stereocenters. The van der Waals surface area contributed by atoms with E-state index in [1.807, 2.05) is 18.6 Å². The number of anilines is 5. The molecule has 4 heterocycles. The monoisotopic (exact) mass is 933 g/mol. The van der Waals surface area contributed by atoms with Crippen LogP contribution in [0, 0.1) is 18.8 Å². The molecular weight excluding hydrogens is 886 g/mol. The molecule has 0 fully saturated rings. The summed E-state index contributed by atoms with van der Waals surface area (Å²) in [7, 11) is 0. The first-order valence-corrected chi connectivity index (χ1v) is 19.8. The molecule has 0 atom stereocenters. The Morgan fingerprint density at radius 2 is 1.25 bits per heavy atom. The van der Waals surface area contributed by atoms with Crippen molar-refractivity contribution in [1.29, 1.82) is 0 Å². The number of nitrogens with zero attached hydrogens (tertiary/aromatic N) is 5. The summed E-state index contributed by atoms with van der Waals surface area (Å²) < 4.78 is 0. The third-order valence-electron chi connectivity index (χ3n) is 10.3. The first kappa shape index (κ1) is 39.6. The van der Waals surface area contributed by atoms with Crippen LogP contribution >= 0.6 is 11.8 Å². The molecule has 0 saturated heterocycles. The minimum atomic E-state index is -0.0382. The molecule has 6 aromatic rings. The maximum Gasteiger partial charge on any atom is 0.135 e. The van der Waals surface area contributed by atoms with Gasteiger partial charge in [0.05, 0.1) is 5.69 Å². The zero-order valence-electron chi connectivity index (χ0n) is 33.6. The Balaban J connectivity index is 0.00000480.